The van der Waals surface area contributed by atoms with Gasteiger partial charge in [-0.1, -0.05) is 54.2 Å². The van der Waals surface area contributed by atoms with Crippen molar-refractivity contribution in [1.82, 2.24) is 0 Å². The van der Waals surface area contributed by atoms with Crippen molar-refractivity contribution in [3.63, 3.8) is 0 Å². The van der Waals surface area contributed by atoms with Crippen LogP contribution >= 0.6 is 11.8 Å². The van der Waals surface area contributed by atoms with Crippen LogP contribution in [0, 0.1) is 0 Å². The molecule has 3 nitrogen and oxygen atoms in total. The van der Waals surface area contributed by atoms with Gasteiger partial charge in [-0.2, -0.15) is 8.78 Å². The molecule has 110 valence electrons. The van der Waals surface area contributed by atoms with E-state index in [2.05, 4.69) is 5.32 Å². The van der Waals surface area contributed by atoms with Crippen molar-refractivity contribution in [1.29, 1.82) is 0 Å². The summed E-state index contributed by atoms with van der Waals surface area (Å²) in [6.07, 6.45) is 0. The minimum Gasteiger partial charge on any atom is -0.323 e. The fourth-order valence-electron chi connectivity index (χ4n) is 1.79. The van der Waals surface area contributed by atoms with Crippen LogP contribution in [0.2, 0.25) is 0 Å². The number of hydrogen-bond donors (Lipinski definition) is 2. The van der Waals surface area contributed by atoms with Gasteiger partial charge in [-0.15, -0.1) is 0 Å². The molecule has 0 unspecified atom stereocenters. The van der Waals surface area contributed by atoms with Gasteiger partial charge in [-0.05, 0) is 17.7 Å². The number of nitrogens with two attached hydrogens (primary N) is 1. The van der Waals surface area contributed by atoms with Crippen molar-refractivity contribution in [3.8, 4) is 0 Å². The van der Waals surface area contributed by atoms with Gasteiger partial charge in [0.05, 0.1) is 5.69 Å². The molecule has 2 aromatic rings. The highest BCUT2D eigenvalue weighted by molar-refractivity contribution is 7.99. The number of thioether (sulfide) groups is 1. The fourth-order valence-corrected chi connectivity index (χ4v) is 2.39. The number of nitrogens with one attached hydrogen (secondary N) is 1. The minimum atomic E-state index is -2.55. The standard InChI is InChI=1S/C15H14F2N2OS/c16-15(17)21-12-9-5-4-8-11(12)19-14(20)13(18)10-6-2-1-3-7-10/h1-9,13,15H,18H2,(H,19,20)/t13-/m1/s1. The number of anilines is 1. The van der Waals surface area contributed by atoms with Crippen LogP contribution in [-0.2, 0) is 4.79 Å². The molecule has 0 saturated heterocycles. The summed E-state index contributed by atoms with van der Waals surface area (Å²) in [6, 6.07) is 14.4. The Bertz CT molecular complexity index is 608. The van der Waals surface area contributed by atoms with Crippen molar-refractivity contribution in [2.24, 2.45) is 5.73 Å². The van der Waals surface area contributed by atoms with E-state index in [9.17, 15) is 13.6 Å². The molecular weight excluding hydrogens is 294 g/mol. The molecule has 3 N–H and O–H groups in total. The first-order valence-corrected chi connectivity index (χ1v) is 7.11. The topological polar surface area (TPSA) is 55.1 Å². The van der Waals surface area contributed by atoms with Crippen LogP contribution in [0.3, 0.4) is 0 Å². The van der Waals surface area contributed by atoms with E-state index >= 15 is 0 Å². The van der Waals surface area contributed by atoms with E-state index in [0.29, 0.717) is 27.9 Å². The predicted molar refractivity (Wildman–Crippen MR) is 80.3 cm³/mol. The Morgan fingerprint density at radius 3 is 2.33 bits per heavy atom. The summed E-state index contributed by atoms with van der Waals surface area (Å²) < 4.78 is 25.0. The molecule has 0 aromatic heterocycles. The summed E-state index contributed by atoms with van der Waals surface area (Å²) in [6.45, 7) is 0. The van der Waals surface area contributed by atoms with E-state index in [4.69, 9.17) is 5.73 Å². The van der Waals surface area contributed by atoms with Crippen LogP contribution in [0.5, 0.6) is 0 Å². The van der Waals surface area contributed by atoms with Crippen molar-refractivity contribution in [2.45, 2.75) is 16.7 Å². The van der Waals surface area contributed by atoms with Crippen molar-refractivity contribution in [2.75, 3.05) is 5.32 Å². The molecule has 0 aliphatic rings. The first kappa shape index (κ1) is 15.5. The van der Waals surface area contributed by atoms with Crippen LogP contribution < -0.4 is 11.1 Å². The molecule has 2 aromatic carbocycles. The number of rotatable bonds is 5. The largest absolute Gasteiger partial charge is 0.323 e. The summed E-state index contributed by atoms with van der Waals surface area (Å²) in [4.78, 5) is 12.4. The molecule has 0 aliphatic carbocycles. The number of hydrogen-bond acceptors (Lipinski definition) is 3. The number of alkyl halides is 2. The normalized spacial score (nSPS) is 12.2. The molecule has 0 heterocycles. The lowest BCUT2D eigenvalue weighted by Gasteiger charge is -2.14. The van der Waals surface area contributed by atoms with Crippen LogP contribution in [0.25, 0.3) is 0 Å². The number of carbonyl (C=O) groups excluding carboxylic acids is 1. The molecule has 1 atom stereocenters. The van der Waals surface area contributed by atoms with Gasteiger partial charge >= 0.3 is 0 Å². The Morgan fingerprint density at radius 2 is 1.67 bits per heavy atom. The van der Waals surface area contributed by atoms with E-state index in [-0.39, 0.29) is 0 Å². The third-order valence-corrected chi connectivity index (χ3v) is 3.59. The number of para-hydroxylation sites is 1. The highest BCUT2D eigenvalue weighted by Gasteiger charge is 2.17. The predicted octanol–water partition coefficient (Wildman–Crippen LogP) is 3.64. The summed E-state index contributed by atoms with van der Waals surface area (Å²) in [5.41, 5.74) is 6.86. The molecule has 0 saturated carbocycles. The Kier molecular flexibility index (Phi) is 5.30. The Balaban J connectivity index is 2.13. The maximum atomic E-state index is 12.5. The monoisotopic (exact) mass is 308 g/mol. The number of carbonyl (C=O) groups is 1. The SMILES string of the molecule is N[C@@H](C(=O)Nc1ccccc1SC(F)F)c1ccccc1. The summed E-state index contributed by atoms with van der Waals surface area (Å²) in [7, 11) is 0. The second-order valence-corrected chi connectivity index (χ2v) is 5.28. The van der Waals surface area contributed by atoms with Gasteiger partial charge in [0, 0.05) is 4.90 Å². The minimum absolute atomic E-state index is 0.307. The summed E-state index contributed by atoms with van der Waals surface area (Å²) >= 11 is 0.386. The molecular formula is C15H14F2N2OS. The lowest BCUT2D eigenvalue weighted by molar-refractivity contribution is -0.117. The van der Waals surface area contributed by atoms with Crippen molar-refractivity contribution < 1.29 is 13.6 Å². The van der Waals surface area contributed by atoms with E-state index < -0.39 is 17.7 Å². The average Bonchev–Trinajstić information content (AvgIpc) is 2.49. The summed E-state index contributed by atoms with van der Waals surface area (Å²) in [5, 5.41) is 2.60. The first-order valence-electron chi connectivity index (χ1n) is 6.23. The molecule has 1 amide bonds. The smallest absolute Gasteiger partial charge is 0.288 e. The fraction of sp³-hybridized carbons (Fsp3) is 0.133. The molecule has 0 aliphatic heterocycles. The third-order valence-electron chi connectivity index (χ3n) is 2.80. The van der Waals surface area contributed by atoms with Crippen LogP contribution in [0.1, 0.15) is 11.6 Å². The zero-order valence-corrected chi connectivity index (χ0v) is 11.8. The third kappa shape index (κ3) is 4.27. The van der Waals surface area contributed by atoms with E-state index in [1.165, 1.54) is 6.07 Å². The molecule has 0 spiro atoms. The lowest BCUT2D eigenvalue weighted by atomic mass is 10.1. The van der Waals surface area contributed by atoms with Gasteiger partial charge in [-0.3, -0.25) is 4.79 Å². The second kappa shape index (κ2) is 7.19. The lowest BCUT2D eigenvalue weighted by Crippen LogP contribution is -2.27. The number of benzene rings is 2. The zero-order chi connectivity index (χ0) is 15.2. The maximum Gasteiger partial charge on any atom is 0.288 e. The summed E-state index contributed by atoms with van der Waals surface area (Å²) in [5.74, 6) is -2.99. The Labute approximate surface area is 125 Å². The Morgan fingerprint density at radius 1 is 1.05 bits per heavy atom. The van der Waals surface area contributed by atoms with Gasteiger partial charge in [0.15, 0.2) is 0 Å². The highest BCUT2D eigenvalue weighted by Crippen LogP contribution is 2.32. The van der Waals surface area contributed by atoms with E-state index in [0.717, 1.165) is 0 Å². The van der Waals surface area contributed by atoms with Gasteiger partial charge < -0.3 is 11.1 Å². The molecule has 0 bridgehead atoms. The molecule has 0 fully saturated rings. The molecule has 0 radical (unpaired) electrons. The average molecular weight is 308 g/mol. The molecule has 6 heteroatoms. The zero-order valence-electron chi connectivity index (χ0n) is 11.0. The molecule has 21 heavy (non-hydrogen) atoms. The quantitative estimate of drug-likeness (QED) is 0.829. The van der Waals surface area contributed by atoms with Gasteiger partial charge in [0.25, 0.3) is 5.76 Å². The van der Waals surface area contributed by atoms with Crippen LogP contribution in [0.4, 0.5) is 14.5 Å². The van der Waals surface area contributed by atoms with Gasteiger partial charge in [-0.25, -0.2) is 0 Å². The van der Waals surface area contributed by atoms with Crippen LogP contribution in [-0.4, -0.2) is 11.7 Å². The van der Waals surface area contributed by atoms with Crippen molar-refractivity contribution >= 4 is 23.4 Å². The van der Waals surface area contributed by atoms with Gasteiger partial charge in [0.1, 0.15) is 6.04 Å². The maximum absolute atomic E-state index is 12.5. The molecule has 2 rings (SSSR count). The first-order chi connectivity index (χ1) is 10.1. The van der Waals surface area contributed by atoms with E-state index in [1.54, 1.807) is 42.5 Å². The van der Waals surface area contributed by atoms with E-state index in [1.807, 2.05) is 6.07 Å². The van der Waals surface area contributed by atoms with Crippen molar-refractivity contribution in [3.05, 3.63) is 60.2 Å². The Hall–Kier alpha value is -1.92. The van der Waals surface area contributed by atoms with Gasteiger partial charge in [0.2, 0.25) is 5.91 Å². The number of halogens is 2. The van der Waals surface area contributed by atoms with Crippen LogP contribution in [0.15, 0.2) is 59.5 Å². The second-order valence-electron chi connectivity index (χ2n) is 4.25. The highest BCUT2D eigenvalue weighted by atomic mass is 32.2. The number of amides is 1.